The molecule has 0 radical (unpaired) electrons. The van der Waals surface area contributed by atoms with Gasteiger partial charge >= 0.3 is 0 Å². The summed E-state index contributed by atoms with van der Waals surface area (Å²) < 4.78 is 0. The van der Waals surface area contributed by atoms with E-state index in [1.165, 1.54) is 138 Å². The molecule has 0 aliphatic carbocycles. The fourth-order valence-corrected chi connectivity index (χ4v) is 8.93. The van der Waals surface area contributed by atoms with Crippen LogP contribution in [0.5, 0.6) is 0 Å². The zero-order valence-corrected chi connectivity index (χ0v) is 39.9. The summed E-state index contributed by atoms with van der Waals surface area (Å²) in [4.78, 5) is 29.7. The minimum absolute atomic E-state index is 0.175. The van der Waals surface area contributed by atoms with E-state index in [2.05, 4.69) is 37.5 Å². The fourth-order valence-electron chi connectivity index (χ4n) is 7.50. The minimum Gasteiger partial charge on any atom is -0.392 e. The van der Waals surface area contributed by atoms with Crippen molar-refractivity contribution in [1.29, 1.82) is 0 Å². The molecule has 0 aliphatic rings. The Kier molecular flexibility index (Phi) is 42.9. The summed E-state index contributed by atoms with van der Waals surface area (Å²) in [7, 11) is 0. The molecule has 4 N–H and O–H groups in total. The van der Waals surface area contributed by atoms with Crippen LogP contribution in [0.3, 0.4) is 0 Å². The Morgan fingerprint density at radius 2 is 0.621 bits per heavy atom. The molecule has 0 heterocycles. The number of thioether (sulfide) groups is 2. The molecule has 10 heteroatoms. The van der Waals surface area contributed by atoms with Crippen LogP contribution in [0.1, 0.15) is 207 Å². The smallest absolute Gasteiger partial charge is 0.212 e. The van der Waals surface area contributed by atoms with E-state index in [0.717, 1.165) is 77.0 Å². The van der Waals surface area contributed by atoms with Gasteiger partial charge in [0.15, 0.2) is 0 Å². The molecule has 0 aromatic carbocycles. The lowest BCUT2D eigenvalue weighted by atomic mass is 10.1. The molecule has 0 aliphatic heterocycles. The topological polar surface area (TPSA) is 122 Å². The highest BCUT2D eigenvalue weighted by molar-refractivity contribution is 8.14. The second-order valence-corrected chi connectivity index (χ2v) is 19.2. The molecular formula is C48H94N2O6S2. The van der Waals surface area contributed by atoms with Crippen LogP contribution in [0.15, 0.2) is 12.2 Å². The highest BCUT2D eigenvalue weighted by Crippen LogP contribution is 2.16. The number of hydrogen-bond acceptors (Lipinski definition) is 10. The van der Waals surface area contributed by atoms with E-state index in [1.807, 2.05) is 0 Å². The molecule has 344 valence electrons. The molecule has 0 spiro atoms. The number of rotatable bonds is 44. The van der Waals surface area contributed by atoms with Gasteiger partial charge in [-0.3, -0.25) is 19.4 Å². The summed E-state index contributed by atoms with van der Waals surface area (Å²) in [5.41, 5.74) is 0. The van der Waals surface area contributed by atoms with Gasteiger partial charge in [0.2, 0.25) is 10.2 Å². The first-order chi connectivity index (χ1) is 28.1. The summed E-state index contributed by atoms with van der Waals surface area (Å²) in [6.07, 6.45) is 32.2. The molecular weight excluding hydrogens is 765 g/mol. The Morgan fingerprint density at radius 3 is 0.862 bits per heavy atom. The molecule has 4 unspecified atom stereocenters. The molecule has 0 aromatic heterocycles. The van der Waals surface area contributed by atoms with Gasteiger partial charge in [0, 0.05) is 50.8 Å². The van der Waals surface area contributed by atoms with Crippen LogP contribution in [0.4, 0.5) is 0 Å². The lowest BCUT2D eigenvalue weighted by molar-refractivity contribution is -0.109. The molecule has 0 amide bonds. The molecule has 0 bridgehead atoms. The number of hydrogen-bond donors (Lipinski definition) is 4. The predicted octanol–water partition coefficient (Wildman–Crippen LogP) is 11.1. The average molecular weight is 859 g/mol. The van der Waals surface area contributed by atoms with Crippen molar-refractivity contribution in [1.82, 2.24) is 9.80 Å². The summed E-state index contributed by atoms with van der Waals surface area (Å²) in [6, 6.07) is 0. The number of nitrogens with zero attached hydrogens (tertiary/aromatic N) is 2. The third-order valence-electron chi connectivity index (χ3n) is 11.1. The third-order valence-corrected chi connectivity index (χ3v) is 12.7. The van der Waals surface area contributed by atoms with Crippen LogP contribution < -0.4 is 0 Å². The van der Waals surface area contributed by atoms with Crippen molar-refractivity contribution in [2.24, 2.45) is 0 Å². The third kappa shape index (κ3) is 39.7. The van der Waals surface area contributed by atoms with Crippen molar-refractivity contribution in [2.75, 3.05) is 50.8 Å². The Hall–Kier alpha value is -0.460. The first-order valence-corrected chi connectivity index (χ1v) is 26.3. The zero-order chi connectivity index (χ0) is 42.9. The fraction of sp³-hybridized carbons (Fsp3) is 0.917. The summed E-state index contributed by atoms with van der Waals surface area (Å²) in [5, 5.41) is 43.0. The molecule has 0 saturated heterocycles. The SMILES string of the molecule is CCCCCCCCC(O)CN(CCSC(=O)/C=C/C(=O)SCCN(CC(O)CCCCCCCC)CC(O)CCCCCCCC)CC(O)CCCCCCCC. The van der Waals surface area contributed by atoms with Crippen LogP contribution in [-0.2, 0) is 9.59 Å². The Bertz CT molecular complexity index is 824. The molecule has 58 heavy (non-hydrogen) atoms. The molecule has 8 nitrogen and oxygen atoms in total. The van der Waals surface area contributed by atoms with Gasteiger partial charge in [-0.15, -0.1) is 0 Å². The van der Waals surface area contributed by atoms with Crippen molar-refractivity contribution >= 4 is 33.8 Å². The first kappa shape index (κ1) is 57.5. The zero-order valence-electron chi connectivity index (χ0n) is 38.2. The normalized spacial score (nSPS) is 14.2. The summed E-state index contributed by atoms with van der Waals surface area (Å²) >= 11 is 2.34. The number of aliphatic hydroxyl groups is 4. The van der Waals surface area contributed by atoms with Gasteiger partial charge in [-0.1, -0.05) is 205 Å². The van der Waals surface area contributed by atoms with Crippen LogP contribution in [0, 0.1) is 0 Å². The highest BCUT2D eigenvalue weighted by atomic mass is 32.2. The Labute approximate surface area is 366 Å². The van der Waals surface area contributed by atoms with Crippen molar-refractivity contribution in [3.05, 3.63) is 12.2 Å². The lowest BCUT2D eigenvalue weighted by Crippen LogP contribution is -2.39. The second kappa shape index (κ2) is 43.2. The summed E-state index contributed by atoms with van der Waals surface area (Å²) in [5.74, 6) is 1.05. The van der Waals surface area contributed by atoms with Gasteiger partial charge in [-0.2, -0.15) is 0 Å². The van der Waals surface area contributed by atoms with Gasteiger partial charge in [-0.25, -0.2) is 0 Å². The molecule has 0 rings (SSSR count). The maximum atomic E-state index is 12.8. The largest absolute Gasteiger partial charge is 0.392 e. The van der Waals surface area contributed by atoms with E-state index in [4.69, 9.17) is 0 Å². The number of aliphatic hydroxyl groups excluding tert-OH is 4. The molecule has 4 atom stereocenters. The predicted molar refractivity (Wildman–Crippen MR) is 253 cm³/mol. The number of carbonyl (C=O) groups is 2. The van der Waals surface area contributed by atoms with Crippen molar-refractivity contribution in [2.45, 2.75) is 232 Å². The second-order valence-electron chi connectivity index (χ2n) is 17.0. The first-order valence-electron chi connectivity index (χ1n) is 24.3. The monoisotopic (exact) mass is 859 g/mol. The standard InChI is InChI=1S/C48H94N2O6S2/c1-5-9-13-17-21-25-29-43(51)39-49(40-44(52)30-26-22-18-14-10-6-2)35-37-57-47(55)33-34-48(56)58-38-36-50(41-45(53)31-27-23-19-15-11-7-3)42-46(54)32-28-24-20-16-12-8-4/h33-34,43-46,51-54H,5-32,35-42H2,1-4H3/b34-33+. The van der Waals surface area contributed by atoms with E-state index in [9.17, 15) is 30.0 Å². The van der Waals surface area contributed by atoms with Crippen molar-refractivity contribution in [3.8, 4) is 0 Å². The van der Waals surface area contributed by atoms with E-state index in [1.54, 1.807) is 0 Å². The van der Waals surface area contributed by atoms with E-state index in [-0.39, 0.29) is 10.2 Å². The minimum atomic E-state index is -0.453. The molecule has 0 aromatic rings. The average Bonchev–Trinajstić information content (AvgIpc) is 3.19. The van der Waals surface area contributed by atoms with Crippen molar-refractivity contribution < 1.29 is 30.0 Å². The maximum absolute atomic E-state index is 12.8. The van der Waals surface area contributed by atoms with Gasteiger partial charge < -0.3 is 20.4 Å². The highest BCUT2D eigenvalue weighted by Gasteiger charge is 2.18. The number of unbranched alkanes of at least 4 members (excludes halogenated alkanes) is 20. The maximum Gasteiger partial charge on any atom is 0.212 e. The van der Waals surface area contributed by atoms with Gasteiger partial charge in [0.05, 0.1) is 24.4 Å². The van der Waals surface area contributed by atoms with Crippen molar-refractivity contribution in [3.63, 3.8) is 0 Å². The lowest BCUT2D eigenvalue weighted by Gasteiger charge is -2.27. The van der Waals surface area contributed by atoms with Gasteiger partial charge in [0.25, 0.3) is 0 Å². The van der Waals surface area contributed by atoms with Crippen LogP contribution >= 0.6 is 23.5 Å². The quantitative estimate of drug-likeness (QED) is 0.0348. The van der Waals surface area contributed by atoms with E-state index < -0.39 is 24.4 Å². The van der Waals surface area contributed by atoms with Gasteiger partial charge in [-0.05, 0) is 37.8 Å². The van der Waals surface area contributed by atoms with E-state index in [0.29, 0.717) is 50.8 Å². The van der Waals surface area contributed by atoms with Crippen LogP contribution in [-0.4, -0.2) is 116 Å². The summed E-state index contributed by atoms with van der Waals surface area (Å²) in [6.45, 7) is 12.0. The Balaban J connectivity index is 4.93. The van der Waals surface area contributed by atoms with E-state index >= 15 is 0 Å². The van der Waals surface area contributed by atoms with Gasteiger partial charge in [0.1, 0.15) is 0 Å². The molecule has 0 saturated carbocycles. The van der Waals surface area contributed by atoms with Crippen LogP contribution in [0.25, 0.3) is 0 Å². The number of carbonyl (C=O) groups excluding carboxylic acids is 2. The van der Waals surface area contributed by atoms with Crippen LogP contribution in [0.2, 0.25) is 0 Å². The Morgan fingerprint density at radius 1 is 0.397 bits per heavy atom. The molecule has 0 fully saturated rings.